The van der Waals surface area contributed by atoms with E-state index in [1.54, 1.807) is 10.6 Å². The molecule has 1 aromatic heterocycles. The van der Waals surface area contributed by atoms with Crippen molar-refractivity contribution in [1.29, 1.82) is 0 Å². The lowest BCUT2D eigenvalue weighted by atomic mass is 10.1. The maximum absolute atomic E-state index is 12.1. The maximum atomic E-state index is 12.1. The lowest BCUT2D eigenvalue weighted by Crippen LogP contribution is -2.46. The fraction of sp³-hybridized carbons (Fsp3) is 0.588. The molecule has 1 aromatic rings. The van der Waals surface area contributed by atoms with E-state index in [4.69, 9.17) is 0 Å². The largest absolute Gasteiger partial charge is 0.352 e. The third-order valence-corrected chi connectivity index (χ3v) is 12.8. The highest BCUT2D eigenvalue weighted by molar-refractivity contribution is 7.27. The van der Waals surface area contributed by atoms with E-state index in [-0.39, 0.29) is 5.91 Å². The zero-order valence-electron chi connectivity index (χ0n) is 14.1. The van der Waals surface area contributed by atoms with Crippen molar-refractivity contribution < 1.29 is 4.79 Å². The van der Waals surface area contributed by atoms with Crippen molar-refractivity contribution in [2.75, 3.05) is 6.54 Å². The molecule has 1 amide bonds. The minimum absolute atomic E-state index is 0.114. The molecule has 0 unspecified atom stereocenters. The van der Waals surface area contributed by atoms with Gasteiger partial charge in [0.2, 0.25) is 5.91 Å². The molecular weight excluding hydrogens is 294 g/mol. The molecule has 1 heterocycles. The Bertz CT molecular complexity index is 495. The SMILES string of the molecule is C=CCNC(=O)Cc1c([Si](CC)(CC)CC)sc(C)c1C. The topological polar surface area (TPSA) is 29.1 Å². The second kappa shape index (κ2) is 7.94. The van der Waals surface area contributed by atoms with Crippen LogP contribution < -0.4 is 9.82 Å². The van der Waals surface area contributed by atoms with Gasteiger partial charge in [0.1, 0.15) is 0 Å². The van der Waals surface area contributed by atoms with Crippen LogP contribution in [0, 0.1) is 13.8 Å². The van der Waals surface area contributed by atoms with E-state index in [2.05, 4.69) is 46.5 Å². The Balaban J connectivity index is 3.19. The van der Waals surface area contributed by atoms with Crippen molar-refractivity contribution in [2.24, 2.45) is 0 Å². The second-order valence-corrected chi connectivity index (χ2v) is 12.5. The minimum atomic E-state index is -1.43. The molecular formula is C17H29NOSSi. The van der Waals surface area contributed by atoms with Crippen LogP contribution in [0.4, 0.5) is 0 Å². The molecule has 0 aromatic carbocycles. The zero-order valence-corrected chi connectivity index (χ0v) is 16.0. The van der Waals surface area contributed by atoms with Gasteiger partial charge in [-0.05, 0) is 29.5 Å². The molecule has 0 atom stereocenters. The summed E-state index contributed by atoms with van der Waals surface area (Å²) >= 11 is 1.95. The number of carbonyl (C=O) groups excluding carboxylic acids is 1. The first-order valence-corrected chi connectivity index (χ1v) is 11.4. The molecule has 21 heavy (non-hydrogen) atoms. The maximum Gasteiger partial charge on any atom is 0.224 e. The van der Waals surface area contributed by atoms with E-state index in [0.717, 1.165) is 0 Å². The molecule has 0 aliphatic heterocycles. The molecule has 0 radical (unpaired) electrons. The van der Waals surface area contributed by atoms with Gasteiger partial charge in [-0.15, -0.1) is 17.9 Å². The predicted molar refractivity (Wildman–Crippen MR) is 97.5 cm³/mol. The van der Waals surface area contributed by atoms with Crippen molar-refractivity contribution in [3.8, 4) is 0 Å². The summed E-state index contributed by atoms with van der Waals surface area (Å²) in [5.41, 5.74) is 2.65. The number of hydrogen-bond donors (Lipinski definition) is 1. The van der Waals surface area contributed by atoms with Gasteiger partial charge in [-0.3, -0.25) is 4.79 Å². The van der Waals surface area contributed by atoms with Gasteiger partial charge in [-0.25, -0.2) is 0 Å². The van der Waals surface area contributed by atoms with Gasteiger partial charge in [0.15, 0.2) is 0 Å². The highest BCUT2D eigenvalue weighted by atomic mass is 32.1. The summed E-state index contributed by atoms with van der Waals surface area (Å²) < 4.78 is 1.57. The molecule has 1 rings (SSSR count). The van der Waals surface area contributed by atoms with Crippen LogP contribution in [0.3, 0.4) is 0 Å². The molecule has 0 fully saturated rings. The highest BCUT2D eigenvalue weighted by Crippen LogP contribution is 2.29. The standard InChI is InChI=1S/C17H29NOSSi/c1-7-11-18-16(19)12-15-13(5)14(6)20-17(15)21(8-2,9-3)10-4/h7H,1,8-12H2,2-6H3,(H,18,19). The van der Waals surface area contributed by atoms with Crippen LogP contribution in [0.5, 0.6) is 0 Å². The fourth-order valence-electron chi connectivity index (χ4n) is 2.96. The van der Waals surface area contributed by atoms with E-state index in [1.165, 1.54) is 34.1 Å². The molecule has 0 bridgehead atoms. The molecule has 1 N–H and O–H groups in total. The summed E-state index contributed by atoms with van der Waals surface area (Å²) in [6.45, 7) is 15.5. The number of rotatable bonds is 8. The Hall–Kier alpha value is -0.873. The van der Waals surface area contributed by atoms with Gasteiger partial charge >= 0.3 is 0 Å². The molecule has 2 nitrogen and oxygen atoms in total. The molecule has 0 spiro atoms. The van der Waals surface area contributed by atoms with Crippen molar-refractivity contribution in [3.05, 3.63) is 28.7 Å². The smallest absolute Gasteiger partial charge is 0.224 e. The average Bonchev–Trinajstić information content (AvgIpc) is 2.76. The Morgan fingerprint density at radius 3 is 2.29 bits per heavy atom. The second-order valence-electron chi connectivity index (χ2n) is 5.70. The van der Waals surface area contributed by atoms with Gasteiger partial charge in [0.25, 0.3) is 0 Å². The third kappa shape index (κ3) is 3.86. The van der Waals surface area contributed by atoms with Crippen LogP contribution in [-0.4, -0.2) is 20.5 Å². The van der Waals surface area contributed by atoms with Crippen molar-refractivity contribution in [2.45, 2.75) is 59.2 Å². The van der Waals surface area contributed by atoms with E-state index < -0.39 is 8.07 Å². The fourth-order valence-corrected chi connectivity index (χ4v) is 9.89. The molecule has 118 valence electrons. The van der Waals surface area contributed by atoms with E-state index in [0.29, 0.717) is 13.0 Å². The number of amides is 1. The molecule has 4 heteroatoms. The first kappa shape index (κ1) is 18.2. The van der Waals surface area contributed by atoms with Crippen LogP contribution in [0.15, 0.2) is 12.7 Å². The Labute approximate surface area is 134 Å². The summed E-state index contributed by atoms with van der Waals surface area (Å²) in [4.78, 5) is 13.5. The summed E-state index contributed by atoms with van der Waals surface area (Å²) in [6, 6.07) is 3.79. The quantitative estimate of drug-likeness (QED) is 0.570. The average molecular weight is 324 g/mol. The lowest BCUT2D eigenvalue weighted by Gasteiger charge is -2.28. The molecule has 0 aliphatic rings. The van der Waals surface area contributed by atoms with Gasteiger partial charge in [0, 0.05) is 11.4 Å². The summed E-state index contributed by atoms with van der Waals surface area (Å²) in [7, 11) is -1.43. The summed E-state index contributed by atoms with van der Waals surface area (Å²) in [6.07, 6.45) is 2.25. The Kier molecular flexibility index (Phi) is 6.88. The number of nitrogens with one attached hydrogen (secondary N) is 1. The first-order chi connectivity index (χ1) is 9.95. The van der Waals surface area contributed by atoms with E-state index in [1.807, 2.05) is 11.3 Å². The molecule has 0 saturated heterocycles. The molecule has 0 aliphatic carbocycles. The number of thiophene rings is 1. The van der Waals surface area contributed by atoms with Gasteiger partial charge < -0.3 is 5.32 Å². The normalized spacial score (nSPS) is 11.5. The van der Waals surface area contributed by atoms with Crippen LogP contribution in [0.1, 0.15) is 36.8 Å². The third-order valence-electron chi connectivity index (χ3n) is 4.80. The monoisotopic (exact) mass is 323 g/mol. The predicted octanol–water partition coefficient (Wildman–Crippen LogP) is 3.93. The van der Waals surface area contributed by atoms with Crippen molar-refractivity contribution >= 4 is 29.8 Å². The van der Waals surface area contributed by atoms with E-state index >= 15 is 0 Å². The number of hydrogen-bond acceptors (Lipinski definition) is 2. The summed E-state index contributed by atoms with van der Waals surface area (Å²) in [5.74, 6) is 0.114. The van der Waals surface area contributed by atoms with Crippen molar-refractivity contribution in [3.63, 3.8) is 0 Å². The number of aryl methyl sites for hydroxylation is 1. The van der Waals surface area contributed by atoms with Crippen LogP contribution >= 0.6 is 11.3 Å². The highest BCUT2D eigenvalue weighted by Gasteiger charge is 2.34. The zero-order chi connectivity index (χ0) is 16.0. The Morgan fingerprint density at radius 2 is 1.81 bits per heavy atom. The van der Waals surface area contributed by atoms with Gasteiger partial charge in [0.05, 0.1) is 14.5 Å². The van der Waals surface area contributed by atoms with Crippen LogP contribution in [0.2, 0.25) is 18.1 Å². The molecule has 0 saturated carbocycles. The van der Waals surface area contributed by atoms with Crippen LogP contribution in [0.25, 0.3) is 0 Å². The Morgan fingerprint density at radius 1 is 1.24 bits per heavy atom. The first-order valence-electron chi connectivity index (χ1n) is 7.92. The minimum Gasteiger partial charge on any atom is -0.352 e. The van der Waals surface area contributed by atoms with Gasteiger partial charge in [-0.2, -0.15) is 0 Å². The lowest BCUT2D eigenvalue weighted by molar-refractivity contribution is -0.120. The number of carbonyl (C=O) groups is 1. The summed E-state index contributed by atoms with van der Waals surface area (Å²) in [5, 5.41) is 2.91. The van der Waals surface area contributed by atoms with Gasteiger partial charge in [-0.1, -0.05) is 45.0 Å². The van der Waals surface area contributed by atoms with Crippen LogP contribution in [-0.2, 0) is 11.2 Å². The van der Waals surface area contributed by atoms with Crippen molar-refractivity contribution in [1.82, 2.24) is 5.32 Å². The van der Waals surface area contributed by atoms with E-state index in [9.17, 15) is 4.79 Å².